The Hall–Kier alpha value is -2.30. The summed E-state index contributed by atoms with van der Waals surface area (Å²) in [7, 11) is -0.954. The molecule has 1 heterocycles. The fourth-order valence-electron chi connectivity index (χ4n) is 3.24. The molecule has 5 nitrogen and oxygen atoms in total. The van der Waals surface area contributed by atoms with Crippen molar-refractivity contribution >= 4 is 35.2 Å². The fourth-order valence-corrected chi connectivity index (χ4v) is 3.61. The Kier molecular flexibility index (Phi) is 7.84. The van der Waals surface area contributed by atoms with Crippen LogP contribution in [0.5, 0.6) is 0 Å². The second-order valence-electron chi connectivity index (χ2n) is 8.95. The van der Waals surface area contributed by atoms with Crippen LogP contribution >= 0.6 is 15.9 Å². The minimum Gasteiger partial charge on any atom is -0.445 e. The molecule has 2 aromatic rings. The number of hydrogen-bond donors (Lipinski definition) is 1. The van der Waals surface area contributed by atoms with Gasteiger partial charge in [-0.3, -0.25) is 0 Å². The maximum absolute atomic E-state index is 13.7. The first-order valence-electron chi connectivity index (χ1n) is 10.7. The summed E-state index contributed by atoms with van der Waals surface area (Å²) in [5, 5.41) is 2.59. The van der Waals surface area contributed by atoms with E-state index in [0.29, 0.717) is 9.95 Å². The fraction of sp³-hybridized carbons (Fsp3) is 0.375. The van der Waals surface area contributed by atoms with Crippen LogP contribution in [-0.2, 0) is 26.8 Å². The van der Waals surface area contributed by atoms with Crippen LogP contribution in [-0.4, -0.2) is 31.0 Å². The van der Waals surface area contributed by atoms with Crippen molar-refractivity contribution in [3.05, 3.63) is 75.2 Å². The van der Waals surface area contributed by atoms with Gasteiger partial charge in [0.25, 0.3) is 0 Å². The van der Waals surface area contributed by atoms with Gasteiger partial charge >= 0.3 is 19.4 Å². The van der Waals surface area contributed by atoms with E-state index in [2.05, 4.69) is 21.2 Å². The summed E-state index contributed by atoms with van der Waals surface area (Å²) in [4.78, 5) is 12.3. The zero-order chi connectivity index (χ0) is 25.1. The van der Waals surface area contributed by atoms with E-state index in [9.17, 15) is 18.0 Å². The molecule has 0 unspecified atom stereocenters. The second-order valence-corrected chi connectivity index (χ2v) is 9.87. The smallest absolute Gasteiger partial charge is 0.445 e. The number of rotatable bonds is 6. The highest BCUT2D eigenvalue weighted by atomic mass is 79.9. The summed E-state index contributed by atoms with van der Waals surface area (Å²) >= 11 is 3.09. The zero-order valence-corrected chi connectivity index (χ0v) is 20.9. The van der Waals surface area contributed by atoms with Gasteiger partial charge in [0, 0.05) is 11.0 Å². The van der Waals surface area contributed by atoms with Crippen LogP contribution in [0.1, 0.15) is 44.4 Å². The van der Waals surface area contributed by atoms with E-state index < -0.39 is 36.2 Å². The van der Waals surface area contributed by atoms with Crippen molar-refractivity contribution in [2.45, 2.75) is 51.7 Å². The van der Waals surface area contributed by atoms with Crippen LogP contribution in [0, 0.1) is 0 Å². The Morgan fingerprint density at radius 2 is 1.71 bits per heavy atom. The van der Waals surface area contributed by atoms with Gasteiger partial charge in [0.1, 0.15) is 6.61 Å². The van der Waals surface area contributed by atoms with Gasteiger partial charge < -0.3 is 19.4 Å². The van der Waals surface area contributed by atoms with Crippen LogP contribution in [0.2, 0.25) is 0 Å². The molecule has 1 aliphatic heterocycles. The number of carbonyl (C=O) groups is 1. The summed E-state index contributed by atoms with van der Waals surface area (Å²) in [6.45, 7) is 7.30. The number of benzene rings is 2. The van der Waals surface area contributed by atoms with Crippen molar-refractivity contribution in [1.82, 2.24) is 5.32 Å². The number of alkyl halides is 3. The maximum Gasteiger partial charge on any atom is 0.492 e. The molecule has 0 spiro atoms. The standard InChI is InChI=1S/C24H26BBrF3NO4/c1-22(2)23(3,4)34-25(33-22)18(12-17-10-11-19(26)13-20(17)24(27,28)29)14-30-21(31)32-15-16-8-6-5-7-9-16/h5-13H,14-15H2,1-4H3,(H,30,31). The topological polar surface area (TPSA) is 56.8 Å². The molecular weight excluding hydrogens is 514 g/mol. The van der Waals surface area contributed by atoms with Gasteiger partial charge in [-0.05, 0) is 56.4 Å². The average Bonchev–Trinajstić information content (AvgIpc) is 2.97. The van der Waals surface area contributed by atoms with Crippen molar-refractivity contribution in [1.29, 1.82) is 0 Å². The Bertz CT molecular complexity index is 1040. The van der Waals surface area contributed by atoms with Crippen molar-refractivity contribution in [3.63, 3.8) is 0 Å². The lowest BCUT2D eigenvalue weighted by atomic mass is 9.76. The minimum absolute atomic E-state index is 0.0626. The van der Waals surface area contributed by atoms with Crippen LogP contribution in [0.25, 0.3) is 6.08 Å². The Morgan fingerprint density at radius 3 is 2.29 bits per heavy atom. The molecule has 0 aromatic heterocycles. The average molecular weight is 540 g/mol. The molecule has 2 aromatic carbocycles. The highest BCUT2D eigenvalue weighted by molar-refractivity contribution is 9.10. The van der Waals surface area contributed by atoms with E-state index in [1.165, 1.54) is 18.2 Å². The molecule has 3 rings (SSSR count). The predicted octanol–water partition coefficient (Wildman–Crippen LogP) is 6.41. The molecule has 1 amide bonds. The minimum atomic E-state index is -4.57. The highest BCUT2D eigenvalue weighted by Gasteiger charge is 2.52. The van der Waals surface area contributed by atoms with Gasteiger partial charge in [0.05, 0.1) is 16.8 Å². The van der Waals surface area contributed by atoms with Crippen molar-refractivity contribution < 1.29 is 32.0 Å². The summed E-state index contributed by atoms with van der Waals surface area (Å²) in [5.74, 6) is 0. The molecule has 0 radical (unpaired) electrons. The van der Waals surface area contributed by atoms with Gasteiger partial charge in [0.2, 0.25) is 0 Å². The lowest BCUT2D eigenvalue weighted by Gasteiger charge is -2.32. The molecule has 1 aliphatic rings. The normalized spacial score (nSPS) is 17.5. The highest BCUT2D eigenvalue weighted by Crippen LogP contribution is 2.40. The van der Waals surface area contributed by atoms with Gasteiger partial charge in [-0.15, -0.1) is 0 Å². The van der Waals surface area contributed by atoms with Gasteiger partial charge in [-0.2, -0.15) is 13.2 Å². The zero-order valence-electron chi connectivity index (χ0n) is 19.3. The molecule has 0 bridgehead atoms. The van der Waals surface area contributed by atoms with E-state index in [4.69, 9.17) is 14.0 Å². The Balaban J connectivity index is 1.85. The van der Waals surface area contributed by atoms with Crippen molar-refractivity contribution in [2.24, 2.45) is 0 Å². The maximum atomic E-state index is 13.7. The predicted molar refractivity (Wildman–Crippen MR) is 128 cm³/mol. The molecule has 1 N–H and O–H groups in total. The van der Waals surface area contributed by atoms with E-state index in [1.807, 2.05) is 58.0 Å². The van der Waals surface area contributed by atoms with E-state index in [1.54, 1.807) is 0 Å². The van der Waals surface area contributed by atoms with Crippen LogP contribution < -0.4 is 5.32 Å². The quantitative estimate of drug-likeness (QED) is 0.431. The number of nitrogens with one attached hydrogen (secondary N) is 1. The van der Waals surface area contributed by atoms with Crippen molar-refractivity contribution in [2.75, 3.05) is 6.54 Å². The van der Waals surface area contributed by atoms with E-state index >= 15 is 0 Å². The molecule has 10 heteroatoms. The number of carbonyl (C=O) groups excluding carboxylic acids is 1. The molecule has 0 atom stereocenters. The molecule has 1 fully saturated rings. The van der Waals surface area contributed by atoms with Gasteiger partial charge in [-0.1, -0.05) is 58.4 Å². The number of ether oxygens (including phenoxy) is 1. The number of halogens is 4. The molecule has 182 valence electrons. The summed E-state index contributed by atoms with van der Waals surface area (Å²) in [5.41, 5.74) is -1.18. The van der Waals surface area contributed by atoms with Crippen LogP contribution in [0.15, 0.2) is 58.5 Å². The molecule has 0 saturated carbocycles. The first-order chi connectivity index (χ1) is 15.8. The first-order valence-corrected chi connectivity index (χ1v) is 11.5. The number of amides is 1. The number of hydrogen-bond acceptors (Lipinski definition) is 4. The lowest BCUT2D eigenvalue weighted by molar-refractivity contribution is -0.137. The SMILES string of the molecule is CC1(C)OB(C(=Cc2ccc(Br)cc2C(F)(F)F)CNC(=O)OCc2ccccc2)OC1(C)C. The van der Waals surface area contributed by atoms with Crippen molar-refractivity contribution in [3.8, 4) is 0 Å². The first kappa shape index (κ1) is 26.3. The third kappa shape index (κ3) is 6.43. The van der Waals surface area contributed by atoms with Crippen LogP contribution in [0.4, 0.5) is 18.0 Å². The molecule has 0 aliphatic carbocycles. The monoisotopic (exact) mass is 539 g/mol. The van der Waals surface area contributed by atoms with Gasteiger partial charge in [-0.25, -0.2) is 4.79 Å². The van der Waals surface area contributed by atoms with E-state index in [0.717, 1.165) is 11.6 Å². The largest absolute Gasteiger partial charge is 0.492 e. The third-order valence-corrected chi connectivity index (χ3v) is 6.36. The molecular formula is C24H26BBrF3NO4. The molecule has 1 saturated heterocycles. The molecule has 34 heavy (non-hydrogen) atoms. The summed E-state index contributed by atoms with van der Waals surface area (Å²) in [6, 6.07) is 13.0. The van der Waals surface area contributed by atoms with E-state index in [-0.39, 0.29) is 18.7 Å². The Morgan fingerprint density at radius 1 is 1.09 bits per heavy atom. The van der Waals surface area contributed by atoms with Gasteiger partial charge in [0.15, 0.2) is 0 Å². The lowest BCUT2D eigenvalue weighted by Crippen LogP contribution is -2.41. The third-order valence-electron chi connectivity index (χ3n) is 5.87. The van der Waals surface area contributed by atoms with Crippen LogP contribution in [0.3, 0.4) is 0 Å². The Labute approximate surface area is 205 Å². The summed E-state index contributed by atoms with van der Waals surface area (Å²) < 4.78 is 58.6. The second kappa shape index (κ2) is 10.1. The number of alkyl carbamates (subject to hydrolysis) is 1. The summed E-state index contributed by atoms with van der Waals surface area (Å²) in [6.07, 6.45) is -3.94.